The molecule has 0 aromatic heterocycles. The number of amides is 2. The molecule has 0 unspecified atom stereocenters. The molecule has 2 aliphatic heterocycles. The average molecular weight is 386 g/mol. The second kappa shape index (κ2) is 7.48. The van der Waals surface area contributed by atoms with Crippen LogP contribution in [0.5, 0.6) is 0 Å². The lowest BCUT2D eigenvalue weighted by Gasteiger charge is -2.31. The van der Waals surface area contributed by atoms with E-state index in [1.165, 1.54) is 5.56 Å². The van der Waals surface area contributed by atoms with E-state index in [1.54, 1.807) is 4.90 Å². The number of likely N-dealkylation sites (tertiary alicyclic amines) is 1. The molecule has 0 radical (unpaired) electrons. The Labute approximate surface area is 166 Å². The Balaban J connectivity index is 1.40. The van der Waals surface area contributed by atoms with Gasteiger partial charge in [0.25, 0.3) is 0 Å². The number of hydrogen-bond acceptors (Lipinski definition) is 4. The van der Waals surface area contributed by atoms with E-state index in [2.05, 4.69) is 13.8 Å². The summed E-state index contributed by atoms with van der Waals surface area (Å²) in [6.45, 7) is 5.95. The molecule has 2 N–H and O–H groups in total. The monoisotopic (exact) mass is 386 g/mol. The van der Waals surface area contributed by atoms with Crippen molar-refractivity contribution < 1.29 is 19.8 Å². The molecule has 4 rings (SSSR count). The minimum Gasteiger partial charge on any atom is -0.390 e. The van der Waals surface area contributed by atoms with Gasteiger partial charge in [-0.1, -0.05) is 26.0 Å². The number of carbonyl (C=O) groups is 2. The van der Waals surface area contributed by atoms with Crippen molar-refractivity contribution in [3.8, 4) is 0 Å². The third kappa shape index (κ3) is 3.55. The van der Waals surface area contributed by atoms with Gasteiger partial charge >= 0.3 is 0 Å². The molecule has 1 aromatic carbocycles. The molecule has 0 spiro atoms. The maximum atomic E-state index is 13.0. The van der Waals surface area contributed by atoms with Crippen LogP contribution in [0.15, 0.2) is 24.3 Å². The summed E-state index contributed by atoms with van der Waals surface area (Å²) in [6.07, 6.45) is -0.0227. The van der Waals surface area contributed by atoms with Crippen molar-refractivity contribution in [2.75, 3.05) is 24.5 Å². The fourth-order valence-corrected chi connectivity index (χ4v) is 5.01. The van der Waals surface area contributed by atoms with Gasteiger partial charge < -0.3 is 20.0 Å². The number of carbonyl (C=O) groups excluding carboxylic acids is 2. The van der Waals surface area contributed by atoms with E-state index in [4.69, 9.17) is 0 Å². The summed E-state index contributed by atoms with van der Waals surface area (Å²) < 4.78 is 0. The van der Waals surface area contributed by atoms with Crippen LogP contribution < -0.4 is 4.90 Å². The summed E-state index contributed by atoms with van der Waals surface area (Å²) in [7, 11) is 0. The lowest BCUT2D eigenvalue weighted by molar-refractivity contribution is -0.135. The minimum atomic E-state index is -0.686. The normalized spacial score (nSPS) is 32.9. The Bertz CT molecular complexity index is 729. The molecule has 1 aliphatic carbocycles. The molecule has 2 amide bonds. The van der Waals surface area contributed by atoms with E-state index >= 15 is 0 Å². The number of aliphatic hydroxyl groups excluding tert-OH is 2. The molecule has 152 valence electrons. The molecular weight excluding hydrogens is 356 g/mol. The predicted molar refractivity (Wildman–Crippen MR) is 106 cm³/mol. The van der Waals surface area contributed by atoms with Gasteiger partial charge in [-0.3, -0.25) is 9.59 Å². The summed E-state index contributed by atoms with van der Waals surface area (Å²) in [4.78, 5) is 29.2. The quantitative estimate of drug-likeness (QED) is 0.829. The Morgan fingerprint density at radius 2 is 1.57 bits per heavy atom. The highest BCUT2D eigenvalue weighted by atomic mass is 16.3. The Hall–Kier alpha value is -1.92. The molecule has 28 heavy (non-hydrogen) atoms. The molecule has 2 heterocycles. The van der Waals surface area contributed by atoms with Gasteiger partial charge in [0.2, 0.25) is 11.8 Å². The van der Waals surface area contributed by atoms with Crippen molar-refractivity contribution in [1.82, 2.24) is 4.90 Å². The van der Waals surface area contributed by atoms with Gasteiger partial charge in [-0.2, -0.15) is 0 Å². The summed E-state index contributed by atoms with van der Waals surface area (Å²) in [6, 6.07) is 8.02. The summed E-state index contributed by atoms with van der Waals surface area (Å²) >= 11 is 0. The van der Waals surface area contributed by atoms with Gasteiger partial charge in [-0.05, 0) is 48.3 Å². The van der Waals surface area contributed by atoms with Crippen molar-refractivity contribution in [3.05, 3.63) is 29.8 Å². The minimum absolute atomic E-state index is 0.00175. The van der Waals surface area contributed by atoms with E-state index in [0.29, 0.717) is 38.4 Å². The largest absolute Gasteiger partial charge is 0.390 e. The second-order valence-corrected chi connectivity index (χ2v) is 9.02. The van der Waals surface area contributed by atoms with Crippen LogP contribution in [-0.4, -0.2) is 58.8 Å². The zero-order valence-corrected chi connectivity index (χ0v) is 16.6. The smallest absolute Gasteiger partial charge is 0.228 e. The molecule has 3 fully saturated rings. The number of hydrogen-bond donors (Lipinski definition) is 2. The maximum Gasteiger partial charge on any atom is 0.228 e. The van der Waals surface area contributed by atoms with Crippen LogP contribution >= 0.6 is 0 Å². The zero-order valence-electron chi connectivity index (χ0n) is 16.6. The van der Waals surface area contributed by atoms with Gasteiger partial charge in [0.15, 0.2) is 0 Å². The second-order valence-electron chi connectivity index (χ2n) is 9.02. The highest BCUT2D eigenvalue weighted by Crippen LogP contribution is 2.38. The summed E-state index contributed by atoms with van der Waals surface area (Å²) in [5.41, 5.74) is 2.08. The van der Waals surface area contributed by atoms with Crippen LogP contribution in [0.2, 0.25) is 0 Å². The van der Waals surface area contributed by atoms with Crippen LogP contribution in [0.25, 0.3) is 0 Å². The topological polar surface area (TPSA) is 81.1 Å². The zero-order chi connectivity index (χ0) is 20.0. The van der Waals surface area contributed by atoms with Crippen molar-refractivity contribution >= 4 is 17.5 Å². The molecule has 3 aliphatic rings. The van der Waals surface area contributed by atoms with Crippen LogP contribution in [-0.2, 0) is 9.59 Å². The summed E-state index contributed by atoms with van der Waals surface area (Å²) in [5, 5.41) is 19.8. The van der Waals surface area contributed by atoms with Crippen LogP contribution in [0.3, 0.4) is 0 Å². The maximum absolute atomic E-state index is 13.0. The number of benzene rings is 1. The van der Waals surface area contributed by atoms with Crippen LogP contribution in [0.1, 0.15) is 44.6 Å². The summed E-state index contributed by atoms with van der Waals surface area (Å²) in [5.74, 6) is 0.657. The van der Waals surface area contributed by atoms with Gasteiger partial charge in [0.1, 0.15) is 0 Å². The number of aliphatic hydroxyl groups is 2. The molecule has 1 aromatic rings. The molecular formula is C22H30N2O4. The van der Waals surface area contributed by atoms with E-state index in [-0.39, 0.29) is 36.0 Å². The fraction of sp³-hybridized carbons (Fsp3) is 0.636. The van der Waals surface area contributed by atoms with Gasteiger partial charge in [-0.15, -0.1) is 0 Å². The number of rotatable bonds is 3. The Kier molecular flexibility index (Phi) is 5.19. The highest BCUT2D eigenvalue weighted by molar-refractivity contribution is 6.00. The highest BCUT2D eigenvalue weighted by Gasteiger charge is 2.45. The third-order valence-corrected chi connectivity index (χ3v) is 6.77. The van der Waals surface area contributed by atoms with Crippen molar-refractivity contribution in [3.63, 3.8) is 0 Å². The van der Waals surface area contributed by atoms with Crippen molar-refractivity contribution in [1.29, 1.82) is 0 Å². The van der Waals surface area contributed by atoms with E-state index in [9.17, 15) is 19.8 Å². The third-order valence-electron chi connectivity index (χ3n) is 6.77. The van der Waals surface area contributed by atoms with Crippen molar-refractivity contribution in [2.45, 2.75) is 51.2 Å². The van der Waals surface area contributed by atoms with Gasteiger partial charge in [0.05, 0.1) is 18.1 Å². The lowest BCUT2D eigenvalue weighted by atomic mass is 9.79. The predicted octanol–water partition coefficient (Wildman–Crippen LogP) is 1.75. The van der Waals surface area contributed by atoms with E-state index in [0.717, 1.165) is 5.69 Å². The molecule has 5 atom stereocenters. The Morgan fingerprint density at radius 3 is 2.11 bits per heavy atom. The first kappa shape index (κ1) is 19.4. The SMILES string of the molecule is CC(C)c1ccc(N2C[C@@H](C(=O)N3C[C@H]4C[C@H](O)[C@H](O)C[C@H]4C3)CC2=O)cc1. The Morgan fingerprint density at radius 1 is 1.00 bits per heavy atom. The number of nitrogens with zero attached hydrogens (tertiary/aromatic N) is 2. The molecule has 0 bridgehead atoms. The first-order valence-corrected chi connectivity index (χ1v) is 10.4. The standard InChI is InChI=1S/C22H30N2O4/c1-13(2)14-3-5-18(6-4-14)24-12-17(9-21(24)27)22(28)23-10-15-7-19(25)20(26)8-16(15)11-23/h3-6,13,15-17,19-20,25-26H,7-12H2,1-2H3/t15-,16+,17-,19+,20-/m0/s1. The number of anilines is 1. The van der Waals surface area contributed by atoms with E-state index in [1.807, 2.05) is 29.2 Å². The number of fused-ring (bicyclic) bond motifs is 1. The molecule has 1 saturated carbocycles. The average Bonchev–Trinajstić information content (AvgIpc) is 3.25. The fourth-order valence-electron chi connectivity index (χ4n) is 5.01. The first-order chi connectivity index (χ1) is 13.3. The molecule has 6 heteroatoms. The van der Waals surface area contributed by atoms with E-state index < -0.39 is 12.2 Å². The van der Waals surface area contributed by atoms with Gasteiger partial charge in [0, 0.05) is 31.7 Å². The van der Waals surface area contributed by atoms with Crippen LogP contribution in [0.4, 0.5) is 5.69 Å². The molecule has 6 nitrogen and oxygen atoms in total. The molecule has 2 saturated heterocycles. The van der Waals surface area contributed by atoms with Gasteiger partial charge in [-0.25, -0.2) is 0 Å². The van der Waals surface area contributed by atoms with Crippen LogP contribution in [0, 0.1) is 17.8 Å². The van der Waals surface area contributed by atoms with Crippen molar-refractivity contribution in [2.24, 2.45) is 17.8 Å². The lowest BCUT2D eigenvalue weighted by Crippen LogP contribution is -2.38. The first-order valence-electron chi connectivity index (χ1n) is 10.4.